The largest absolute Gasteiger partial charge is 0.868 e. The first-order chi connectivity index (χ1) is 9.32. The first-order valence-corrected chi connectivity index (χ1v) is 7.14. The lowest BCUT2D eigenvalue weighted by Gasteiger charge is -2.10. The van der Waals surface area contributed by atoms with Gasteiger partial charge < -0.3 is 5.11 Å². The molecule has 0 atom stereocenters. The molecule has 2 aromatic carbocycles. The number of nitro groups is 1. The van der Waals surface area contributed by atoms with Gasteiger partial charge >= 0.3 is 0 Å². The summed E-state index contributed by atoms with van der Waals surface area (Å²) in [4.78, 5) is 9.33. The highest BCUT2D eigenvalue weighted by Crippen LogP contribution is 2.29. The minimum absolute atomic E-state index is 0.0462. The van der Waals surface area contributed by atoms with Crippen LogP contribution in [0.25, 0.3) is 0 Å². The quantitative estimate of drug-likeness (QED) is 0.638. The second-order valence-corrected chi connectivity index (χ2v) is 6.23. The topological polar surface area (TPSA) is 100 Å². The summed E-state index contributed by atoms with van der Waals surface area (Å²) in [5.41, 5.74) is -0.667. The molecule has 0 spiro atoms. The molecule has 0 fully saturated rings. The average Bonchev–Trinajstić information content (AvgIpc) is 2.38. The van der Waals surface area contributed by atoms with Crippen molar-refractivity contribution in [1.29, 1.82) is 0 Å². The third kappa shape index (κ3) is 2.59. The second kappa shape index (κ2) is 5.10. The van der Waals surface area contributed by atoms with Gasteiger partial charge in [0.1, 0.15) is 0 Å². The number of nitro benzene ring substituents is 1. The fourth-order valence-corrected chi connectivity index (χ4v) is 2.96. The molecule has 0 saturated heterocycles. The van der Waals surface area contributed by atoms with E-state index in [2.05, 4.69) is 0 Å². The summed E-state index contributed by atoms with van der Waals surface area (Å²) in [5, 5.41) is 22.4. The molecule has 0 aliphatic carbocycles. The molecule has 20 heavy (non-hydrogen) atoms. The van der Waals surface area contributed by atoms with Crippen molar-refractivity contribution >= 4 is 27.1 Å². The Labute approximate surface area is 119 Å². The number of hydrogen-bond acceptors (Lipinski definition) is 5. The van der Waals surface area contributed by atoms with Crippen molar-refractivity contribution < 1.29 is 18.4 Å². The van der Waals surface area contributed by atoms with Gasteiger partial charge in [0.2, 0.25) is 9.84 Å². The zero-order valence-corrected chi connectivity index (χ0v) is 11.4. The number of nitrogens with zero attached hydrogens (tertiary/aromatic N) is 1. The van der Waals surface area contributed by atoms with Crippen LogP contribution in [-0.4, -0.2) is 13.3 Å². The van der Waals surface area contributed by atoms with Crippen molar-refractivity contribution in [1.82, 2.24) is 0 Å². The van der Waals surface area contributed by atoms with Crippen molar-refractivity contribution in [2.45, 2.75) is 9.79 Å². The molecule has 2 rings (SSSR count). The Morgan fingerprint density at radius 1 is 1.00 bits per heavy atom. The molecule has 0 saturated carbocycles. The average molecular weight is 313 g/mol. The van der Waals surface area contributed by atoms with E-state index in [1.807, 2.05) is 0 Å². The van der Waals surface area contributed by atoms with Gasteiger partial charge in [0.05, 0.1) is 14.7 Å². The molecule has 0 aliphatic heterocycles. The standard InChI is InChI=1S/C12H8ClNO5S/c13-8-1-3-9(4-2-8)20(18,19)10-5-6-11(14(16)17)12(15)7-10/h1-7,15H/p-1. The molecule has 6 nitrogen and oxygen atoms in total. The second-order valence-electron chi connectivity index (χ2n) is 3.84. The van der Waals surface area contributed by atoms with Crippen LogP contribution in [-0.2, 0) is 9.84 Å². The lowest BCUT2D eigenvalue weighted by Crippen LogP contribution is -2.04. The third-order valence-corrected chi connectivity index (χ3v) is 4.58. The van der Waals surface area contributed by atoms with Crippen molar-refractivity contribution in [3.63, 3.8) is 0 Å². The zero-order valence-electron chi connectivity index (χ0n) is 9.82. The molecule has 0 bridgehead atoms. The number of rotatable bonds is 3. The molecule has 0 heterocycles. The van der Waals surface area contributed by atoms with Crippen LogP contribution >= 0.6 is 11.6 Å². The van der Waals surface area contributed by atoms with E-state index >= 15 is 0 Å². The Bertz CT molecular complexity index is 771. The van der Waals surface area contributed by atoms with E-state index in [1.165, 1.54) is 24.3 Å². The van der Waals surface area contributed by atoms with E-state index in [0.29, 0.717) is 5.02 Å². The van der Waals surface area contributed by atoms with E-state index < -0.39 is 26.2 Å². The van der Waals surface area contributed by atoms with E-state index in [-0.39, 0.29) is 9.79 Å². The minimum Gasteiger partial charge on any atom is -0.868 e. The number of benzene rings is 2. The van der Waals surface area contributed by atoms with Gasteiger partial charge in [-0.2, -0.15) is 0 Å². The highest BCUT2D eigenvalue weighted by molar-refractivity contribution is 7.91. The van der Waals surface area contributed by atoms with Gasteiger partial charge in [-0.25, -0.2) is 8.42 Å². The maximum absolute atomic E-state index is 12.2. The fourth-order valence-electron chi connectivity index (χ4n) is 1.56. The summed E-state index contributed by atoms with van der Waals surface area (Å²) >= 11 is 5.67. The molecular formula is C12H7ClNO5S-. The van der Waals surface area contributed by atoms with Crippen molar-refractivity contribution in [3.05, 3.63) is 57.6 Å². The lowest BCUT2D eigenvalue weighted by atomic mass is 10.3. The van der Waals surface area contributed by atoms with Gasteiger partial charge in [-0.1, -0.05) is 11.6 Å². The molecule has 8 heteroatoms. The Kier molecular flexibility index (Phi) is 3.65. The predicted octanol–water partition coefficient (Wildman–Crippen LogP) is 2.15. The van der Waals surface area contributed by atoms with Gasteiger partial charge in [-0.05, 0) is 42.1 Å². The van der Waals surface area contributed by atoms with E-state index in [4.69, 9.17) is 11.6 Å². The molecule has 0 unspecified atom stereocenters. The maximum atomic E-state index is 12.2. The molecule has 0 amide bonds. The van der Waals surface area contributed by atoms with Crippen molar-refractivity contribution in [2.24, 2.45) is 0 Å². The van der Waals surface area contributed by atoms with Crippen LogP contribution in [0.15, 0.2) is 52.3 Å². The maximum Gasteiger partial charge on any atom is 0.261 e. The zero-order chi connectivity index (χ0) is 14.9. The smallest absolute Gasteiger partial charge is 0.261 e. The Balaban J connectivity index is 2.52. The Morgan fingerprint density at radius 2 is 1.55 bits per heavy atom. The third-order valence-electron chi connectivity index (χ3n) is 2.56. The molecule has 104 valence electrons. The van der Waals surface area contributed by atoms with Crippen LogP contribution in [0.1, 0.15) is 0 Å². The summed E-state index contributed by atoms with van der Waals surface area (Å²) in [7, 11) is -3.90. The fraction of sp³-hybridized carbons (Fsp3) is 0. The Hall–Kier alpha value is -2.12. The summed E-state index contributed by atoms with van der Waals surface area (Å²) in [6, 6.07) is 8.04. The first kappa shape index (κ1) is 14.3. The SMILES string of the molecule is O=[N+]([O-])c1ccc(S(=O)(=O)c2ccc(Cl)cc2)cc1[O-]. The molecule has 0 N–H and O–H groups in total. The van der Waals surface area contributed by atoms with Gasteiger partial charge in [0.25, 0.3) is 5.69 Å². The Morgan fingerprint density at radius 3 is 2.05 bits per heavy atom. The van der Waals surface area contributed by atoms with Crippen LogP contribution in [0, 0.1) is 10.1 Å². The molecule has 0 aliphatic rings. The highest BCUT2D eigenvalue weighted by atomic mass is 35.5. The first-order valence-electron chi connectivity index (χ1n) is 5.28. The summed E-state index contributed by atoms with van der Waals surface area (Å²) < 4.78 is 24.5. The van der Waals surface area contributed by atoms with E-state index in [9.17, 15) is 23.6 Å². The van der Waals surface area contributed by atoms with Crippen LogP contribution in [0.3, 0.4) is 0 Å². The monoisotopic (exact) mass is 312 g/mol. The molecular weight excluding hydrogens is 306 g/mol. The molecule has 0 aromatic heterocycles. The van der Waals surface area contributed by atoms with Crippen LogP contribution < -0.4 is 5.11 Å². The minimum atomic E-state index is -3.90. The number of halogens is 1. The van der Waals surface area contributed by atoms with Gasteiger partial charge in [-0.15, -0.1) is 0 Å². The van der Waals surface area contributed by atoms with Gasteiger partial charge in [0.15, 0.2) is 0 Å². The lowest BCUT2D eigenvalue weighted by molar-refractivity contribution is -0.398. The van der Waals surface area contributed by atoms with E-state index in [0.717, 1.165) is 18.2 Å². The normalized spacial score (nSPS) is 11.2. The highest BCUT2D eigenvalue weighted by Gasteiger charge is 2.19. The van der Waals surface area contributed by atoms with Gasteiger partial charge in [0, 0.05) is 11.1 Å². The van der Waals surface area contributed by atoms with Crippen molar-refractivity contribution in [2.75, 3.05) is 0 Å². The van der Waals surface area contributed by atoms with Crippen LogP contribution in [0.2, 0.25) is 5.02 Å². The van der Waals surface area contributed by atoms with E-state index in [1.54, 1.807) is 0 Å². The predicted molar refractivity (Wildman–Crippen MR) is 69.4 cm³/mol. The molecule has 0 radical (unpaired) electrons. The van der Waals surface area contributed by atoms with Crippen molar-refractivity contribution in [3.8, 4) is 5.75 Å². The summed E-state index contributed by atoms with van der Waals surface area (Å²) in [6.45, 7) is 0. The van der Waals surface area contributed by atoms with Crippen LogP contribution in [0.4, 0.5) is 5.69 Å². The summed E-state index contributed by atoms with van der Waals surface area (Å²) in [6.07, 6.45) is 0. The molecule has 2 aromatic rings. The number of sulfone groups is 1. The summed E-state index contributed by atoms with van der Waals surface area (Å²) in [5.74, 6) is -0.954. The number of hydrogen-bond donors (Lipinski definition) is 0. The van der Waals surface area contributed by atoms with Crippen LogP contribution in [0.5, 0.6) is 5.75 Å². The van der Waals surface area contributed by atoms with Gasteiger partial charge in [-0.3, -0.25) is 10.1 Å².